The number of nitrogens with zero attached hydrogens (tertiary/aromatic N) is 3. The summed E-state index contributed by atoms with van der Waals surface area (Å²) < 4.78 is 28.4. The number of aryl methyl sites for hydroxylation is 1. The van der Waals surface area contributed by atoms with Gasteiger partial charge in [0, 0.05) is 18.6 Å². The average molecular weight is 303 g/mol. The normalized spacial score (nSPS) is 11.7. The van der Waals surface area contributed by atoms with E-state index in [1.54, 1.807) is 13.1 Å². The first kappa shape index (κ1) is 13.4. The molecule has 0 fully saturated rings. The number of nitrogen functional groups attached to an aromatic ring is 1. The van der Waals surface area contributed by atoms with E-state index in [1.165, 1.54) is 17.1 Å². The van der Waals surface area contributed by atoms with Crippen LogP contribution in [0.4, 0.5) is 11.5 Å². The van der Waals surface area contributed by atoms with E-state index in [0.717, 1.165) is 10.9 Å². The lowest BCUT2D eigenvalue weighted by Crippen LogP contribution is -2.14. The maximum Gasteiger partial charge on any atom is 0.267 e. The molecule has 0 atom stereocenters. The second kappa shape index (κ2) is 4.74. The van der Waals surface area contributed by atoms with Gasteiger partial charge in [-0.2, -0.15) is 5.10 Å². The molecule has 7 nitrogen and oxygen atoms in total. The number of hydrogen-bond donors (Lipinski definition) is 2. The lowest BCUT2D eigenvalue weighted by Gasteiger charge is -2.07. The summed E-state index contributed by atoms with van der Waals surface area (Å²) in [6, 6.07) is 9.16. The first-order valence-electron chi connectivity index (χ1n) is 6.12. The zero-order chi connectivity index (χ0) is 15.0. The molecule has 2 aromatic heterocycles. The van der Waals surface area contributed by atoms with Crippen LogP contribution in [0.5, 0.6) is 0 Å². The van der Waals surface area contributed by atoms with Crippen LogP contribution in [0, 0.1) is 0 Å². The minimum Gasteiger partial charge on any atom is -0.381 e. The predicted octanol–water partition coefficient (Wildman–Crippen LogP) is 1.35. The highest BCUT2D eigenvalue weighted by molar-refractivity contribution is 7.92. The van der Waals surface area contributed by atoms with Gasteiger partial charge < -0.3 is 5.73 Å². The van der Waals surface area contributed by atoms with Gasteiger partial charge in [-0.15, -0.1) is 0 Å². The number of benzene rings is 1. The predicted molar refractivity (Wildman–Crippen MR) is 80.2 cm³/mol. The van der Waals surface area contributed by atoms with Crippen LogP contribution in [0.25, 0.3) is 10.9 Å². The third-order valence-corrected chi connectivity index (χ3v) is 4.35. The van der Waals surface area contributed by atoms with Crippen LogP contribution >= 0.6 is 0 Å². The maximum absolute atomic E-state index is 12.3. The molecule has 3 aromatic rings. The third-order valence-electron chi connectivity index (χ3n) is 2.95. The molecule has 108 valence electrons. The summed E-state index contributed by atoms with van der Waals surface area (Å²) in [5.41, 5.74) is 6.77. The molecular weight excluding hydrogens is 290 g/mol. The van der Waals surface area contributed by atoms with Gasteiger partial charge in [0.1, 0.15) is 4.90 Å². The molecule has 0 aliphatic heterocycles. The Labute approximate surface area is 121 Å². The van der Waals surface area contributed by atoms with Crippen LogP contribution in [0.1, 0.15) is 0 Å². The maximum atomic E-state index is 12.3. The van der Waals surface area contributed by atoms with Gasteiger partial charge in [-0.05, 0) is 12.1 Å². The molecule has 0 aliphatic rings. The third kappa shape index (κ3) is 2.52. The van der Waals surface area contributed by atoms with E-state index in [4.69, 9.17) is 5.73 Å². The van der Waals surface area contributed by atoms with E-state index in [2.05, 4.69) is 14.8 Å². The van der Waals surface area contributed by atoms with E-state index >= 15 is 0 Å². The van der Waals surface area contributed by atoms with Gasteiger partial charge in [0.25, 0.3) is 10.0 Å². The van der Waals surface area contributed by atoms with Gasteiger partial charge in [0.05, 0.1) is 17.4 Å². The number of nitrogens with two attached hydrogens (primary N) is 1. The fourth-order valence-corrected chi connectivity index (χ4v) is 3.17. The number of rotatable bonds is 3. The molecule has 0 radical (unpaired) electrons. The Balaban J connectivity index is 1.99. The molecule has 0 bridgehead atoms. The number of nitrogens with one attached hydrogen (secondary N) is 1. The summed E-state index contributed by atoms with van der Waals surface area (Å²) in [7, 11) is -2.19. The van der Waals surface area contributed by atoms with Crippen molar-refractivity contribution in [2.45, 2.75) is 4.90 Å². The monoisotopic (exact) mass is 303 g/mol. The molecule has 3 rings (SSSR count). The summed E-state index contributed by atoms with van der Waals surface area (Å²) in [5, 5.41) is 4.67. The Hall–Kier alpha value is -2.61. The molecule has 2 heterocycles. The van der Waals surface area contributed by atoms with E-state index in [1.807, 2.05) is 24.3 Å². The molecule has 3 N–H and O–H groups in total. The second-order valence-electron chi connectivity index (χ2n) is 4.57. The molecule has 0 unspecified atom stereocenters. The van der Waals surface area contributed by atoms with Crippen LogP contribution in [-0.4, -0.2) is 23.2 Å². The van der Waals surface area contributed by atoms with Crippen LogP contribution in [0.15, 0.2) is 47.6 Å². The Morgan fingerprint density at radius 2 is 2.05 bits per heavy atom. The quantitative estimate of drug-likeness (QED) is 0.760. The Morgan fingerprint density at radius 3 is 2.76 bits per heavy atom. The van der Waals surface area contributed by atoms with Crippen LogP contribution in [0.2, 0.25) is 0 Å². The second-order valence-corrected chi connectivity index (χ2v) is 6.23. The van der Waals surface area contributed by atoms with Gasteiger partial charge in [-0.1, -0.05) is 18.2 Å². The zero-order valence-electron chi connectivity index (χ0n) is 11.2. The summed E-state index contributed by atoms with van der Waals surface area (Å²) in [5.74, 6) is -0.0428. The van der Waals surface area contributed by atoms with E-state index in [-0.39, 0.29) is 10.7 Å². The molecule has 0 spiro atoms. The first-order valence-corrected chi connectivity index (χ1v) is 7.61. The Bertz CT molecular complexity index is 917. The number of anilines is 2. The lowest BCUT2D eigenvalue weighted by molar-refractivity contribution is 0.601. The number of sulfonamides is 1. The molecule has 0 saturated carbocycles. The van der Waals surface area contributed by atoms with Crippen molar-refractivity contribution in [3.8, 4) is 0 Å². The van der Waals surface area contributed by atoms with E-state index in [0.29, 0.717) is 5.69 Å². The summed E-state index contributed by atoms with van der Waals surface area (Å²) in [4.78, 5) is 4.15. The van der Waals surface area contributed by atoms with Crippen molar-refractivity contribution in [2.75, 3.05) is 10.5 Å². The van der Waals surface area contributed by atoms with Crippen molar-refractivity contribution in [1.82, 2.24) is 14.8 Å². The fourth-order valence-electron chi connectivity index (χ4n) is 2.03. The van der Waals surface area contributed by atoms with Gasteiger partial charge in [0.2, 0.25) is 0 Å². The largest absolute Gasteiger partial charge is 0.381 e. The smallest absolute Gasteiger partial charge is 0.267 e. The highest BCUT2D eigenvalue weighted by Gasteiger charge is 2.20. The number of aromatic nitrogens is 3. The van der Waals surface area contributed by atoms with Crippen molar-refractivity contribution < 1.29 is 8.42 Å². The Kier molecular flexibility index (Phi) is 3.02. The molecular formula is C13H13N5O2S. The van der Waals surface area contributed by atoms with Crippen molar-refractivity contribution in [3.63, 3.8) is 0 Å². The van der Waals surface area contributed by atoms with Gasteiger partial charge in [-0.25, -0.2) is 8.42 Å². The number of para-hydroxylation sites is 1. The number of fused-ring (bicyclic) bond motifs is 1. The van der Waals surface area contributed by atoms with Gasteiger partial charge in [0.15, 0.2) is 5.82 Å². The van der Waals surface area contributed by atoms with Crippen LogP contribution in [-0.2, 0) is 17.1 Å². The molecule has 21 heavy (non-hydrogen) atoms. The first-order chi connectivity index (χ1) is 9.95. The van der Waals surface area contributed by atoms with Gasteiger partial charge >= 0.3 is 0 Å². The molecule has 0 saturated heterocycles. The average Bonchev–Trinajstić information content (AvgIpc) is 2.78. The van der Waals surface area contributed by atoms with Crippen molar-refractivity contribution >= 4 is 32.4 Å². The summed E-state index contributed by atoms with van der Waals surface area (Å²) in [6.07, 6.45) is 2.82. The lowest BCUT2D eigenvalue weighted by atomic mass is 10.2. The van der Waals surface area contributed by atoms with E-state index in [9.17, 15) is 8.42 Å². The highest BCUT2D eigenvalue weighted by atomic mass is 32.2. The number of hydrogen-bond acceptors (Lipinski definition) is 5. The highest BCUT2D eigenvalue weighted by Crippen LogP contribution is 2.22. The minimum atomic E-state index is -3.79. The van der Waals surface area contributed by atoms with Crippen LogP contribution < -0.4 is 10.5 Å². The van der Waals surface area contributed by atoms with Crippen molar-refractivity contribution in [2.24, 2.45) is 7.05 Å². The summed E-state index contributed by atoms with van der Waals surface area (Å²) >= 11 is 0. The minimum absolute atomic E-state index is 0.0428. The molecule has 8 heteroatoms. The van der Waals surface area contributed by atoms with E-state index < -0.39 is 10.0 Å². The van der Waals surface area contributed by atoms with Gasteiger partial charge in [-0.3, -0.25) is 14.4 Å². The summed E-state index contributed by atoms with van der Waals surface area (Å²) in [6.45, 7) is 0. The topological polar surface area (TPSA) is 103 Å². The molecule has 1 aromatic carbocycles. The zero-order valence-corrected chi connectivity index (χ0v) is 12.0. The fraction of sp³-hybridized carbons (Fsp3) is 0.0769. The Morgan fingerprint density at radius 1 is 1.29 bits per heavy atom. The van der Waals surface area contributed by atoms with Crippen LogP contribution in [0.3, 0.4) is 0 Å². The SMILES string of the molecule is Cn1cc(S(=O)(=O)Nc2cnc3ccccc3c2)c(N)n1. The van der Waals surface area contributed by atoms with Crippen molar-refractivity contribution in [3.05, 3.63) is 42.7 Å². The van der Waals surface area contributed by atoms with Crippen molar-refractivity contribution in [1.29, 1.82) is 0 Å². The number of pyridine rings is 1. The molecule has 0 aliphatic carbocycles. The molecule has 0 amide bonds. The standard InChI is InChI=1S/C13H13N5O2S/c1-18-8-12(13(14)16-18)21(19,20)17-10-6-9-4-2-3-5-11(9)15-7-10/h2-8,17H,1H3,(H2,14,16).